The maximum absolute atomic E-state index is 10.0. The molecule has 0 heterocycles. The standard InChI is InChI=1S/C4H4Br3NO2/c5-4(6,7)2(8)1-3(9)10/h1H,8H2,(H,9,10)/b2-1-. The fraction of sp³-hybridized carbons (Fsp3) is 0.250. The second-order valence-corrected chi connectivity index (χ2v) is 8.20. The molecule has 0 rings (SSSR count). The van der Waals surface area contributed by atoms with E-state index in [1.165, 1.54) is 0 Å². The number of aliphatic carboxylic acids is 1. The number of alkyl halides is 3. The highest BCUT2D eigenvalue weighted by atomic mass is 80.0. The van der Waals surface area contributed by atoms with Gasteiger partial charge < -0.3 is 10.8 Å². The molecule has 0 saturated carbocycles. The maximum atomic E-state index is 10.0. The minimum atomic E-state index is -1.08. The van der Waals surface area contributed by atoms with Crippen molar-refractivity contribution in [2.45, 2.75) is 2.14 Å². The summed E-state index contributed by atoms with van der Waals surface area (Å²) in [6.07, 6.45) is 0.887. The monoisotopic (exact) mass is 335 g/mol. The van der Waals surface area contributed by atoms with Gasteiger partial charge in [0.25, 0.3) is 0 Å². The number of carbonyl (C=O) groups is 1. The largest absolute Gasteiger partial charge is 0.478 e. The summed E-state index contributed by atoms with van der Waals surface area (Å²) in [7, 11) is 0. The zero-order valence-electron chi connectivity index (χ0n) is 4.64. The summed E-state index contributed by atoms with van der Waals surface area (Å²) < 4.78 is -0.814. The molecule has 58 valence electrons. The quantitative estimate of drug-likeness (QED) is 0.566. The van der Waals surface area contributed by atoms with Crippen LogP contribution in [0.25, 0.3) is 0 Å². The molecule has 0 atom stereocenters. The van der Waals surface area contributed by atoms with Crippen molar-refractivity contribution in [2.24, 2.45) is 5.73 Å². The maximum Gasteiger partial charge on any atom is 0.330 e. The number of halogens is 3. The Morgan fingerprint density at radius 2 is 1.90 bits per heavy atom. The van der Waals surface area contributed by atoms with Gasteiger partial charge in [-0.3, -0.25) is 0 Å². The van der Waals surface area contributed by atoms with E-state index < -0.39 is 8.11 Å². The molecule has 0 aromatic heterocycles. The first-order valence-corrected chi connectivity index (χ1v) is 4.49. The van der Waals surface area contributed by atoms with Gasteiger partial charge in [-0.1, -0.05) is 47.8 Å². The van der Waals surface area contributed by atoms with Gasteiger partial charge >= 0.3 is 5.97 Å². The van der Waals surface area contributed by atoms with Crippen LogP contribution in [0.3, 0.4) is 0 Å². The molecule has 0 aromatic rings. The second kappa shape index (κ2) is 3.73. The highest BCUT2D eigenvalue weighted by Gasteiger charge is 2.21. The van der Waals surface area contributed by atoms with Crippen LogP contribution in [-0.4, -0.2) is 13.2 Å². The smallest absolute Gasteiger partial charge is 0.330 e. The lowest BCUT2D eigenvalue weighted by Crippen LogP contribution is -2.15. The van der Waals surface area contributed by atoms with Crippen LogP contribution in [0, 0.1) is 0 Å². The molecule has 0 amide bonds. The van der Waals surface area contributed by atoms with Crippen LogP contribution in [-0.2, 0) is 4.79 Å². The van der Waals surface area contributed by atoms with E-state index in [-0.39, 0.29) is 5.70 Å². The fourth-order valence-electron chi connectivity index (χ4n) is 0.215. The SMILES string of the molecule is N/C(=C\C(=O)O)C(Br)(Br)Br. The van der Waals surface area contributed by atoms with Crippen molar-refractivity contribution in [1.29, 1.82) is 0 Å². The van der Waals surface area contributed by atoms with Gasteiger partial charge in [0.05, 0.1) is 5.70 Å². The van der Waals surface area contributed by atoms with Crippen molar-refractivity contribution in [2.75, 3.05) is 0 Å². The van der Waals surface area contributed by atoms with E-state index in [4.69, 9.17) is 10.8 Å². The van der Waals surface area contributed by atoms with Gasteiger partial charge in [-0.25, -0.2) is 4.79 Å². The number of carboxylic acid groups (broad SMARTS) is 1. The summed E-state index contributed by atoms with van der Waals surface area (Å²) in [5.41, 5.74) is 5.43. The highest BCUT2D eigenvalue weighted by Crippen LogP contribution is 2.38. The predicted molar refractivity (Wildman–Crippen MR) is 49.4 cm³/mol. The second-order valence-electron chi connectivity index (χ2n) is 1.44. The molecule has 3 N–H and O–H groups in total. The molecule has 10 heavy (non-hydrogen) atoms. The number of rotatable bonds is 1. The number of hydrogen-bond acceptors (Lipinski definition) is 2. The summed E-state index contributed by atoms with van der Waals surface area (Å²) in [5.74, 6) is -1.08. The average Bonchev–Trinajstić information content (AvgIpc) is 1.60. The molecule has 0 aromatic carbocycles. The van der Waals surface area contributed by atoms with E-state index in [1.807, 2.05) is 0 Å². The van der Waals surface area contributed by atoms with Gasteiger partial charge in [0, 0.05) is 6.08 Å². The molecule has 0 aliphatic carbocycles. The van der Waals surface area contributed by atoms with E-state index >= 15 is 0 Å². The normalized spacial score (nSPS) is 13.3. The van der Waals surface area contributed by atoms with Crippen LogP contribution in [0.4, 0.5) is 0 Å². The first-order valence-electron chi connectivity index (χ1n) is 2.11. The topological polar surface area (TPSA) is 63.3 Å². The first-order chi connectivity index (χ1) is 4.34. The van der Waals surface area contributed by atoms with Gasteiger partial charge in [0.1, 0.15) is 0 Å². The van der Waals surface area contributed by atoms with Crippen LogP contribution >= 0.6 is 47.8 Å². The minimum Gasteiger partial charge on any atom is -0.478 e. The third kappa shape index (κ3) is 4.29. The van der Waals surface area contributed by atoms with Crippen LogP contribution in [0.5, 0.6) is 0 Å². The highest BCUT2D eigenvalue weighted by molar-refractivity contribution is 9.39. The van der Waals surface area contributed by atoms with Crippen LogP contribution < -0.4 is 5.73 Å². The van der Waals surface area contributed by atoms with Crippen LogP contribution in [0.2, 0.25) is 0 Å². The Morgan fingerprint density at radius 1 is 1.50 bits per heavy atom. The van der Waals surface area contributed by atoms with E-state index in [9.17, 15) is 4.79 Å². The van der Waals surface area contributed by atoms with E-state index in [0.717, 1.165) is 6.08 Å². The molecular formula is C4H4Br3NO2. The number of hydrogen-bond donors (Lipinski definition) is 2. The van der Waals surface area contributed by atoms with E-state index in [0.29, 0.717) is 0 Å². The Balaban J connectivity index is 4.35. The molecule has 0 radical (unpaired) electrons. The van der Waals surface area contributed by atoms with Crippen molar-refractivity contribution in [3.63, 3.8) is 0 Å². The third-order valence-electron chi connectivity index (χ3n) is 0.606. The lowest BCUT2D eigenvalue weighted by Gasteiger charge is -2.10. The third-order valence-corrected chi connectivity index (χ3v) is 1.98. The zero-order valence-corrected chi connectivity index (χ0v) is 9.40. The summed E-state index contributed by atoms with van der Waals surface area (Å²) in [6, 6.07) is 0. The molecule has 3 nitrogen and oxygen atoms in total. The molecule has 0 aliphatic rings. The average molecular weight is 338 g/mol. The molecule has 0 saturated heterocycles. The van der Waals surface area contributed by atoms with Gasteiger partial charge in [-0.05, 0) is 0 Å². The molecular weight excluding hydrogens is 334 g/mol. The summed E-state index contributed by atoms with van der Waals surface area (Å²) in [6.45, 7) is 0. The summed E-state index contributed by atoms with van der Waals surface area (Å²) in [5, 5.41) is 8.23. The number of nitrogens with two attached hydrogens (primary N) is 1. The molecule has 0 aliphatic heterocycles. The minimum absolute atomic E-state index is 0.139. The Hall–Kier alpha value is 0.450. The molecule has 0 spiro atoms. The lowest BCUT2D eigenvalue weighted by molar-refractivity contribution is -0.131. The van der Waals surface area contributed by atoms with Gasteiger partial charge in [0.2, 0.25) is 0 Å². The van der Waals surface area contributed by atoms with Crippen molar-refractivity contribution < 1.29 is 9.90 Å². The van der Waals surface area contributed by atoms with Gasteiger partial charge in [0.15, 0.2) is 2.14 Å². The van der Waals surface area contributed by atoms with Gasteiger partial charge in [-0.2, -0.15) is 0 Å². The lowest BCUT2D eigenvalue weighted by atomic mass is 10.4. The Bertz CT molecular complexity index is 172. The Morgan fingerprint density at radius 3 is 2.00 bits per heavy atom. The van der Waals surface area contributed by atoms with Crippen LogP contribution in [0.1, 0.15) is 0 Å². The molecule has 6 heteroatoms. The van der Waals surface area contributed by atoms with E-state index in [1.54, 1.807) is 0 Å². The van der Waals surface area contributed by atoms with Crippen molar-refractivity contribution in [3.8, 4) is 0 Å². The molecule has 0 fully saturated rings. The van der Waals surface area contributed by atoms with Crippen molar-refractivity contribution >= 4 is 53.8 Å². The van der Waals surface area contributed by atoms with Crippen LogP contribution in [0.15, 0.2) is 11.8 Å². The summed E-state index contributed by atoms with van der Waals surface area (Å²) >= 11 is 9.15. The Kier molecular flexibility index (Phi) is 3.90. The zero-order chi connectivity index (χ0) is 8.36. The first kappa shape index (κ1) is 10.4. The molecule has 0 unspecified atom stereocenters. The van der Waals surface area contributed by atoms with Crippen molar-refractivity contribution in [1.82, 2.24) is 0 Å². The molecule has 0 bridgehead atoms. The number of allylic oxidation sites excluding steroid dienone is 1. The Labute approximate surface area is 83.0 Å². The number of carboxylic acids is 1. The van der Waals surface area contributed by atoms with Gasteiger partial charge in [-0.15, -0.1) is 0 Å². The summed E-state index contributed by atoms with van der Waals surface area (Å²) in [4.78, 5) is 10.0. The van der Waals surface area contributed by atoms with E-state index in [2.05, 4.69) is 47.8 Å². The van der Waals surface area contributed by atoms with Crippen molar-refractivity contribution in [3.05, 3.63) is 11.8 Å². The predicted octanol–water partition coefficient (Wildman–Crippen LogP) is 1.75. The fourth-order valence-corrected chi connectivity index (χ4v) is 0.558.